The van der Waals surface area contributed by atoms with E-state index in [1.807, 2.05) is 51.1 Å². The van der Waals surface area contributed by atoms with Crippen molar-refractivity contribution in [2.45, 2.75) is 46.3 Å². The lowest BCUT2D eigenvalue weighted by molar-refractivity contribution is 0.0803. The summed E-state index contributed by atoms with van der Waals surface area (Å²) >= 11 is 0. The van der Waals surface area contributed by atoms with Gasteiger partial charge in [0.15, 0.2) is 0 Å². The molecule has 0 amide bonds. The van der Waals surface area contributed by atoms with E-state index in [4.69, 9.17) is 0 Å². The molecule has 0 heterocycles. The van der Waals surface area contributed by atoms with Gasteiger partial charge in [0.1, 0.15) is 0 Å². The number of hydrogen-bond acceptors (Lipinski definition) is 2. The second-order valence-corrected chi connectivity index (χ2v) is 6.03. The van der Waals surface area contributed by atoms with Gasteiger partial charge in [-0.3, -0.25) is 0 Å². The number of hydrogen-bond donors (Lipinski definition) is 2. The molecule has 0 aliphatic rings. The average Bonchev–Trinajstić information content (AvgIpc) is 2.40. The van der Waals surface area contributed by atoms with Crippen molar-refractivity contribution in [3.05, 3.63) is 69.8 Å². The highest BCUT2D eigenvalue weighted by Gasteiger charge is 2.16. The highest BCUT2D eigenvalue weighted by atomic mass is 16.3. The van der Waals surface area contributed by atoms with Crippen LogP contribution >= 0.6 is 0 Å². The van der Waals surface area contributed by atoms with Gasteiger partial charge in [-0.1, -0.05) is 47.5 Å². The molecular weight excluding hydrogens is 260 g/mol. The van der Waals surface area contributed by atoms with Gasteiger partial charge in [-0.2, -0.15) is 0 Å². The molecule has 0 aliphatic heterocycles. The third kappa shape index (κ3) is 3.93. The number of benzene rings is 2. The van der Waals surface area contributed by atoms with Crippen molar-refractivity contribution in [2.75, 3.05) is 0 Å². The summed E-state index contributed by atoms with van der Waals surface area (Å²) in [4.78, 5) is 0. The molecule has 0 spiro atoms. The highest BCUT2D eigenvalue weighted by molar-refractivity contribution is 5.32. The van der Waals surface area contributed by atoms with Crippen molar-refractivity contribution in [3.8, 4) is 0 Å². The van der Waals surface area contributed by atoms with Crippen LogP contribution in [0, 0.1) is 27.7 Å². The monoisotopic (exact) mass is 284 g/mol. The first-order valence-electron chi connectivity index (χ1n) is 7.38. The van der Waals surface area contributed by atoms with Crippen molar-refractivity contribution in [3.63, 3.8) is 0 Å². The van der Waals surface area contributed by atoms with Gasteiger partial charge in [-0.15, -0.1) is 0 Å². The van der Waals surface area contributed by atoms with E-state index in [0.29, 0.717) is 6.42 Å². The fourth-order valence-electron chi connectivity index (χ4n) is 2.66. The smallest absolute Gasteiger partial charge is 0.0818 e. The maximum atomic E-state index is 10.4. The van der Waals surface area contributed by atoms with Crippen LogP contribution in [0.4, 0.5) is 0 Å². The van der Waals surface area contributed by atoms with Crippen molar-refractivity contribution in [2.24, 2.45) is 0 Å². The molecule has 2 rings (SSSR count). The molecule has 0 aliphatic carbocycles. The van der Waals surface area contributed by atoms with Gasteiger partial charge < -0.3 is 10.2 Å². The van der Waals surface area contributed by atoms with Crippen LogP contribution in [0.25, 0.3) is 0 Å². The molecule has 2 heteroatoms. The number of aliphatic hydroxyl groups excluding tert-OH is 2. The van der Waals surface area contributed by atoms with Crippen LogP contribution in [0.15, 0.2) is 36.4 Å². The van der Waals surface area contributed by atoms with E-state index in [1.165, 1.54) is 5.56 Å². The topological polar surface area (TPSA) is 40.5 Å². The lowest BCUT2D eigenvalue weighted by atomic mass is 9.95. The van der Waals surface area contributed by atoms with Crippen LogP contribution in [0.1, 0.15) is 52.0 Å². The fraction of sp³-hybridized carbons (Fsp3) is 0.368. The maximum absolute atomic E-state index is 10.4. The van der Waals surface area contributed by atoms with Crippen molar-refractivity contribution >= 4 is 0 Å². The lowest BCUT2D eigenvalue weighted by Gasteiger charge is -2.18. The SMILES string of the molecule is Cc1cc(C)cc(C(O)CC(O)c2ccc(C)c(C)c2)c1. The van der Waals surface area contributed by atoms with E-state index in [2.05, 4.69) is 13.0 Å². The molecule has 2 atom stereocenters. The summed E-state index contributed by atoms with van der Waals surface area (Å²) in [5.41, 5.74) is 6.36. The maximum Gasteiger partial charge on any atom is 0.0818 e. The Bertz CT molecular complexity index is 611. The zero-order valence-electron chi connectivity index (χ0n) is 13.2. The first-order chi connectivity index (χ1) is 9.86. The van der Waals surface area contributed by atoms with E-state index in [1.54, 1.807) is 0 Å². The van der Waals surface area contributed by atoms with Crippen LogP contribution < -0.4 is 0 Å². The molecule has 2 unspecified atom stereocenters. The molecule has 0 aromatic heterocycles. The van der Waals surface area contributed by atoms with Gasteiger partial charge in [-0.25, -0.2) is 0 Å². The first kappa shape index (κ1) is 15.7. The van der Waals surface area contributed by atoms with E-state index >= 15 is 0 Å². The molecule has 2 aromatic carbocycles. The van der Waals surface area contributed by atoms with E-state index < -0.39 is 12.2 Å². The lowest BCUT2D eigenvalue weighted by Crippen LogP contribution is -2.06. The molecule has 0 bridgehead atoms. The number of aliphatic hydroxyl groups is 2. The van der Waals surface area contributed by atoms with Crippen molar-refractivity contribution in [1.29, 1.82) is 0 Å². The summed E-state index contributed by atoms with van der Waals surface area (Å²) in [6.45, 7) is 8.12. The van der Waals surface area contributed by atoms with E-state index in [0.717, 1.165) is 27.8 Å². The summed E-state index contributed by atoms with van der Waals surface area (Å²) in [6, 6.07) is 12.0. The van der Waals surface area contributed by atoms with E-state index in [-0.39, 0.29) is 0 Å². The van der Waals surface area contributed by atoms with Crippen molar-refractivity contribution < 1.29 is 10.2 Å². The molecule has 2 nitrogen and oxygen atoms in total. The van der Waals surface area contributed by atoms with Crippen LogP contribution in [0.2, 0.25) is 0 Å². The second kappa shape index (κ2) is 6.42. The molecule has 2 N–H and O–H groups in total. The summed E-state index contributed by atoms with van der Waals surface area (Å²) in [7, 11) is 0. The molecule has 0 saturated heterocycles. The van der Waals surface area contributed by atoms with Gasteiger partial charge >= 0.3 is 0 Å². The molecule has 0 saturated carbocycles. The molecular formula is C19H24O2. The summed E-state index contributed by atoms with van der Waals surface area (Å²) in [5, 5.41) is 20.7. The second-order valence-electron chi connectivity index (χ2n) is 6.03. The third-order valence-corrected chi connectivity index (χ3v) is 3.99. The van der Waals surface area contributed by atoms with Crippen LogP contribution in [0.5, 0.6) is 0 Å². The minimum atomic E-state index is -0.653. The zero-order valence-corrected chi connectivity index (χ0v) is 13.2. The predicted molar refractivity (Wildman–Crippen MR) is 86.4 cm³/mol. The van der Waals surface area contributed by atoms with Crippen LogP contribution in [-0.4, -0.2) is 10.2 Å². The Hall–Kier alpha value is -1.64. The third-order valence-electron chi connectivity index (χ3n) is 3.99. The molecule has 112 valence electrons. The Morgan fingerprint density at radius 2 is 1.29 bits per heavy atom. The fourth-order valence-corrected chi connectivity index (χ4v) is 2.66. The quantitative estimate of drug-likeness (QED) is 0.888. The molecule has 2 aromatic rings. The molecule has 0 radical (unpaired) electrons. The van der Waals surface area contributed by atoms with Gasteiger partial charge in [0, 0.05) is 6.42 Å². The molecule has 21 heavy (non-hydrogen) atoms. The van der Waals surface area contributed by atoms with Gasteiger partial charge in [0.05, 0.1) is 12.2 Å². The Balaban J connectivity index is 2.14. The van der Waals surface area contributed by atoms with Gasteiger partial charge in [-0.05, 0) is 49.9 Å². The Labute approximate surface area is 127 Å². The average molecular weight is 284 g/mol. The van der Waals surface area contributed by atoms with Crippen LogP contribution in [0.3, 0.4) is 0 Å². The Morgan fingerprint density at radius 3 is 1.86 bits per heavy atom. The number of aryl methyl sites for hydroxylation is 4. The normalized spacial score (nSPS) is 14.0. The minimum Gasteiger partial charge on any atom is -0.388 e. The Morgan fingerprint density at radius 1 is 0.714 bits per heavy atom. The van der Waals surface area contributed by atoms with Gasteiger partial charge in [0.2, 0.25) is 0 Å². The van der Waals surface area contributed by atoms with E-state index in [9.17, 15) is 10.2 Å². The highest BCUT2D eigenvalue weighted by Crippen LogP contribution is 2.28. The van der Waals surface area contributed by atoms with Crippen molar-refractivity contribution in [1.82, 2.24) is 0 Å². The Kier molecular flexibility index (Phi) is 4.81. The predicted octanol–water partition coefficient (Wildman–Crippen LogP) is 4.08. The van der Waals surface area contributed by atoms with Crippen LogP contribution in [-0.2, 0) is 0 Å². The summed E-state index contributed by atoms with van der Waals surface area (Å²) in [6.07, 6.45) is -0.994. The molecule has 0 fully saturated rings. The summed E-state index contributed by atoms with van der Waals surface area (Å²) in [5.74, 6) is 0. The summed E-state index contributed by atoms with van der Waals surface area (Å²) < 4.78 is 0. The van der Waals surface area contributed by atoms with Gasteiger partial charge in [0.25, 0.3) is 0 Å². The first-order valence-corrected chi connectivity index (χ1v) is 7.38. The minimum absolute atomic E-state index is 0.311. The standard InChI is InChI=1S/C19H24O2/c1-12-7-13(2)9-17(8-12)19(21)11-18(20)16-6-5-14(3)15(4)10-16/h5-10,18-21H,11H2,1-4H3. The largest absolute Gasteiger partial charge is 0.388 e. The number of rotatable bonds is 4. The zero-order chi connectivity index (χ0) is 15.6.